The number of benzene rings is 1. The summed E-state index contributed by atoms with van der Waals surface area (Å²) in [4.78, 5) is 0. The van der Waals surface area contributed by atoms with E-state index >= 15 is 0 Å². The van der Waals surface area contributed by atoms with Gasteiger partial charge in [0.15, 0.2) is 0 Å². The Kier molecular flexibility index (Phi) is 3.74. The molecule has 1 heteroatoms. The number of hydrogen-bond acceptors (Lipinski definition) is 1. The molecular weight excluding hydrogens is 230 g/mol. The number of allylic oxidation sites excluding steroid dienone is 1. The van der Waals surface area contributed by atoms with Crippen LogP contribution in [0.3, 0.4) is 0 Å². The SMILES string of the molecule is CNC(C1=CCCCCC1)C1(c2ccccc2)CC1. The van der Waals surface area contributed by atoms with E-state index < -0.39 is 0 Å². The van der Waals surface area contributed by atoms with Crippen LogP contribution < -0.4 is 5.32 Å². The summed E-state index contributed by atoms with van der Waals surface area (Å²) in [5.41, 5.74) is 3.58. The van der Waals surface area contributed by atoms with Crippen LogP contribution in [0, 0.1) is 0 Å². The molecule has 0 heterocycles. The number of rotatable bonds is 4. The van der Waals surface area contributed by atoms with Gasteiger partial charge in [0.2, 0.25) is 0 Å². The average molecular weight is 255 g/mol. The lowest BCUT2D eigenvalue weighted by Gasteiger charge is -2.30. The van der Waals surface area contributed by atoms with Crippen molar-refractivity contribution in [1.29, 1.82) is 0 Å². The zero-order valence-corrected chi connectivity index (χ0v) is 12.0. The summed E-state index contributed by atoms with van der Waals surface area (Å²) < 4.78 is 0. The van der Waals surface area contributed by atoms with Crippen molar-refractivity contribution in [2.24, 2.45) is 0 Å². The Morgan fingerprint density at radius 3 is 2.53 bits per heavy atom. The fourth-order valence-electron chi connectivity index (χ4n) is 3.77. The molecule has 1 unspecified atom stereocenters. The molecule has 1 saturated carbocycles. The van der Waals surface area contributed by atoms with Crippen LogP contribution in [0.5, 0.6) is 0 Å². The van der Waals surface area contributed by atoms with Gasteiger partial charge in [0, 0.05) is 11.5 Å². The minimum absolute atomic E-state index is 0.381. The molecule has 0 amide bonds. The highest BCUT2D eigenvalue weighted by molar-refractivity contribution is 5.38. The van der Waals surface area contributed by atoms with Crippen LogP contribution >= 0.6 is 0 Å². The van der Waals surface area contributed by atoms with E-state index in [0.717, 1.165) is 0 Å². The van der Waals surface area contributed by atoms with Crippen LogP contribution in [-0.4, -0.2) is 13.1 Å². The molecule has 3 rings (SSSR count). The highest BCUT2D eigenvalue weighted by atomic mass is 14.9. The van der Waals surface area contributed by atoms with E-state index in [0.29, 0.717) is 11.5 Å². The Morgan fingerprint density at radius 1 is 1.05 bits per heavy atom. The van der Waals surface area contributed by atoms with Gasteiger partial charge in [-0.2, -0.15) is 0 Å². The first-order valence-electron chi connectivity index (χ1n) is 7.78. The Balaban J connectivity index is 1.88. The first-order valence-corrected chi connectivity index (χ1v) is 7.78. The summed E-state index contributed by atoms with van der Waals surface area (Å²) in [5.74, 6) is 0. The molecule has 1 fully saturated rings. The number of nitrogens with one attached hydrogen (secondary N) is 1. The third-order valence-corrected chi connectivity index (χ3v) is 4.93. The summed E-state index contributed by atoms with van der Waals surface area (Å²) in [6, 6.07) is 11.7. The number of hydrogen-bond donors (Lipinski definition) is 1. The molecular formula is C18H25N. The zero-order valence-electron chi connectivity index (χ0n) is 12.0. The van der Waals surface area contributed by atoms with Crippen LogP contribution in [0.25, 0.3) is 0 Å². The molecule has 1 atom stereocenters. The molecule has 1 aromatic rings. The predicted octanol–water partition coefficient (Wildman–Crippen LogP) is 4.20. The molecule has 0 saturated heterocycles. The van der Waals surface area contributed by atoms with Crippen LogP contribution in [0.15, 0.2) is 42.0 Å². The van der Waals surface area contributed by atoms with Crippen molar-refractivity contribution in [2.75, 3.05) is 7.05 Å². The molecule has 0 aliphatic heterocycles. The first-order chi connectivity index (χ1) is 9.37. The second-order valence-corrected chi connectivity index (χ2v) is 6.12. The monoisotopic (exact) mass is 255 g/mol. The maximum atomic E-state index is 3.63. The molecule has 0 aromatic heterocycles. The minimum atomic E-state index is 0.381. The molecule has 2 aliphatic rings. The standard InChI is InChI=1S/C18H25N/c1-19-17(15-9-5-2-3-6-10-15)18(13-14-18)16-11-7-4-8-12-16/h4,7-9,11-12,17,19H,2-3,5-6,10,13-14H2,1H3. The summed E-state index contributed by atoms with van der Waals surface area (Å²) in [6.45, 7) is 0. The third kappa shape index (κ3) is 2.49. The highest BCUT2D eigenvalue weighted by Gasteiger charge is 2.50. The number of likely N-dealkylation sites (N-methyl/N-ethyl adjacent to an activating group) is 1. The van der Waals surface area contributed by atoms with Gasteiger partial charge in [-0.05, 0) is 51.1 Å². The Labute approximate surface area is 117 Å². The lowest BCUT2D eigenvalue weighted by atomic mass is 9.82. The van der Waals surface area contributed by atoms with Crippen LogP contribution in [0.1, 0.15) is 50.5 Å². The summed E-state index contributed by atoms with van der Waals surface area (Å²) in [5, 5.41) is 3.63. The Morgan fingerprint density at radius 2 is 1.84 bits per heavy atom. The molecule has 1 nitrogen and oxygen atoms in total. The minimum Gasteiger partial charge on any atom is -0.313 e. The van der Waals surface area contributed by atoms with E-state index in [1.54, 1.807) is 5.57 Å². The molecule has 102 valence electrons. The average Bonchev–Trinajstić information content (AvgIpc) is 3.26. The van der Waals surface area contributed by atoms with Gasteiger partial charge < -0.3 is 5.32 Å². The van der Waals surface area contributed by atoms with Crippen molar-refractivity contribution in [2.45, 2.75) is 56.4 Å². The van der Waals surface area contributed by atoms with Crippen molar-refractivity contribution < 1.29 is 0 Å². The van der Waals surface area contributed by atoms with Crippen LogP contribution in [0.4, 0.5) is 0 Å². The molecule has 0 spiro atoms. The van der Waals surface area contributed by atoms with Crippen molar-refractivity contribution in [3.05, 3.63) is 47.5 Å². The maximum absolute atomic E-state index is 3.63. The van der Waals surface area contributed by atoms with E-state index in [4.69, 9.17) is 0 Å². The fourth-order valence-corrected chi connectivity index (χ4v) is 3.77. The fraction of sp³-hybridized carbons (Fsp3) is 0.556. The van der Waals surface area contributed by atoms with Crippen molar-refractivity contribution in [1.82, 2.24) is 5.32 Å². The van der Waals surface area contributed by atoms with E-state index in [1.807, 2.05) is 0 Å². The lowest BCUT2D eigenvalue weighted by Crippen LogP contribution is -2.39. The van der Waals surface area contributed by atoms with Gasteiger partial charge in [-0.15, -0.1) is 0 Å². The largest absolute Gasteiger partial charge is 0.313 e. The highest BCUT2D eigenvalue weighted by Crippen LogP contribution is 2.53. The van der Waals surface area contributed by atoms with Crippen molar-refractivity contribution in [3.63, 3.8) is 0 Å². The van der Waals surface area contributed by atoms with Crippen LogP contribution in [-0.2, 0) is 5.41 Å². The molecule has 0 bridgehead atoms. The molecule has 0 radical (unpaired) electrons. The van der Waals surface area contributed by atoms with Gasteiger partial charge in [-0.25, -0.2) is 0 Å². The topological polar surface area (TPSA) is 12.0 Å². The normalized spacial score (nSPS) is 23.3. The van der Waals surface area contributed by atoms with Gasteiger partial charge in [-0.3, -0.25) is 0 Å². The quantitative estimate of drug-likeness (QED) is 0.795. The van der Waals surface area contributed by atoms with E-state index in [9.17, 15) is 0 Å². The first kappa shape index (κ1) is 12.9. The van der Waals surface area contributed by atoms with E-state index in [2.05, 4.69) is 48.8 Å². The van der Waals surface area contributed by atoms with Crippen molar-refractivity contribution >= 4 is 0 Å². The van der Waals surface area contributed by atoms with E-state index in [-0.39, 0.29) is 0 Å². The summed E-state index contributed by atoms with van der Waals surface area (Å²) in [7, 11) is 2.14. The summed E-state index contributed by atoms with van der Waals surface area (Å²) >= 11 is 0. The maximum Gasteiger partial charge on any atom is 0.0374 e. The Bertz CT molecular complexity index is 442. The van der Waals surface area contributed by atoms with Crippen molar-refractivity contribution in [3.8, 4) is 0 Å². The van der Waals surface area contributed by atoms with Gasteiger partial charge in [0.1, 0.15) is 0 Å². The third-order valence-electron chi connectivity index (χ3n) is 4.93. The van der Waals surface area contributed by atoms with Gasteiger partial charge in [0.25, 0.3) is 0 Å². The summed E-state index contributed by atoms with van der Waals surface area (Å²) in [6.07, 6.45) is 11.9. The Hall–Kier alpha value is -1.08. The second-order valence-electron chi connectivity index (χ2n) is 6.12. The second kappa shape index (κ2) is 5.50. The predicted molar refractivity (Wildman–Crippen MR) is 81.4 cm³/mol. The molecule has 1 N–H and O–H groups in total. The van der Waals surface area contributed by atoms with E-state index in [1.165, 1.54) is 50.5 Å². The molecule has 1 aromatic carbocycles. The zero-order chi connectivity index (χ0) is 13.1. The lowest BCUT2D eigenvalue weighted by molar-refractivity contribution is 0.484. The molecule has 2 aliphatic carbocycles. The smallest absolute Gasteiger partial charge is 0.0374 e. The molecule has 19 heavy (non-hydrogen) atoms. The van der Waals surface area contributed by atoms with Crippen LogP contribution in [0.2, 0.25) is 0 Å². The van der Waals surface area contributed by atoms with Gasteiger partial charge in [-0.1, -0.05) is 48.4 Å². The van der Waals surface area contributed by atoms with Gasteiger partial charge >= 0.3 is 0 Å². The van der Waals surface area contributed by atoms with Gasteiger partial charge in [0.05, 0.1) is 0 Å².